The Balaban J connectivity index is 1.66. The van der Waals surface area contributed by atoms with Crippen molar-refractivity contribution in [1.29, 1.82) is 0 Å². The van der Waals surface area contributed by atoms with Gasteiger partial charge in [0.1, 0.15) is 0 Å². The lowest BCUT2D eigenvalue weighted by Gasteiger charge is -2.33. The maximum atomic E-state index is 12.1. The minimum atomic E-state index is 0.208. The summed E-state index contributed by atoms with van der Waals surface area (Å²) in [4.78, 5) is 14.6. The molecule has 116 valence electrons. The highest BCUT2D eigenvalue weighted by Crippen LogP contribution is 2.18. The van der Waals surface area contributed by atoms with E-state index in [1.54, 1.807) is 0 Å². The van der Waals surface area contributed by atoms with Crippen LogP contribution in [0.15, 0.2) is 0 Å². The highest BCUT2D eigenvalue weighted by Gasteiger charge is 2.23. The van der Waals surface area contributed by atoms with Gasteiger partial charge in [0, 0.05) is 25.0 Å². The summed E-state index contributed by atoms with van der Waals surface area (Å²) < 4.78 is 0. The van der Waals surface area contributed by atoms with Gasteiger partial charge in [-0.1, -0.05) is 13.3 Å². The number of amides is 1. The molecule has 4 heteroatoms. The van der Waals surface area contributed by atoms with Crippen molar-refractivity contribution in [2.24, 2.45) is 5.92 Å². The van der Waals surface area contributed by atoms with Crippen LogP contribution < -0.4 is 10.6 Å². The van der Waals surface area contributed by atoms with Crippen molar-refractivity contribution in [3.8, 4) is 0 Å². The first-order valence-corrected chi connectivity index (χ1v) is 8.41. The summed E-state index contributed by atoms with van der Waals surface area (Å²) in [7, 11) is 0. The molecule has 2 rings (SSSR count). The Morgan fingerprint density at radius 2 is 2.05 bits per heavy atom. The normalized spacial score (nSPS) is 29.9. The van der Waals surface area contributed by atoms with Gasteiger partial charge in [0.15, 0.2) is 0 Å². The Morgan fingerprint density at radius 1 is 1.30 bits per heavy atom. The fourth-order valence-corrected chi connectivity index (χ4v) is 3.41. The van der Waals surface area contributed by atoms with E-state index in [0.717, 1.165) is 13.1 Å². The predicted molar refractivity (Wildman–Crippen MR) is 82.7 cm³/mol. The van der Waals surface area contributed by atoms with E-state index in [1.165, 1.54) is 45.2 Å². The topological polar surface area (TPSA) is 44.4 Å². The second-order valence-electron chi connectivity index (χ2n) is 6.63. The lowest BCUT2D eigenvalue weighted by atomic mass is 9.90. The number of piperidine rings is 2. The first-order chi connectivity index (χ1) is 9.66. The summed E-state index contributed by atoms with van der Waals surface area (Å²) >= 11 is 0. The van der Waals surface area contributed by atoms with E-state index in [0.29, 0.717) is 24.4 Å². The van der Waals surface area contributed by atoms with E-state index >= 15 is 0 Å². The highest BCUT2D eigenvalue weighted by molar-refractivity contribution is 5.76. The fourth-order valence-electron chi connectivity index (χ4n) is 3.41. The minimum absolute atomic E-state index is 0.208. The molecule has 20 heavy (non-hydrogen) atoms. The molecular weight excluding hydrogens is 250 g/mol. The Labute approximate surface area is 123 Å². The molecule has 0 radical (unpaired) electrons. The summed E-state index contributed by atoms with van der Waals surface area (Å²) in [5, 5.41) is 6.61. The zero-order chi connectivity index (χ0) is 14.4. The van der Waals surface area contributed by atoms with Crippen molar-refractivity contribution in [3.05, 3.63) is 0 Å². The molecule has 0 aromatic rings. The van der Waals surface area contributed by atoms with Crippen LogP contribution in [0.25, 0.3) is 0 Å². The quantitative estimate of drug-likeness (QED) is 0.807. The van der Waals surface area contributed by atoms with Gasteiger partial charge < -0.3 is 10.6 Å². The Hall–Kier alpha value is -0.610. The molecule has 4 nitrogen and oxygen atoms in total. The van der Waals surface area contributed by atoms with Gasteiger partial charge in [0.2, 0.25) is 5.91 Å². The van der Waals surface area contributed by atoms with Crippen LogP contribution in [0.1, 0.15) is 52.4 Å². The van der Waals surface area contributed by atoms with E-state index in [4.69, 9.17) is 0 Å². The predicted octanol–water partition coefficient (Wildman–Crippen LogP) is 1.76. The van der Waals surface area contributed by atoms with Crippen LogP contribution in [0.3, 0.4) is 0 Å². The molecule has 0 aliphatic carbocycles. The van der Waals surface area contributed by atoms with Gasteiger partial charge in [-0.3, -0.25) is 9.69 Å². The van der Waals surface area contributed by atoms with Gasteiger partial charge in [-0.2, -0.15) is 0 Å². The third kappa shape index (κ3) is 4.74. The molecule has 0 bridgehead atoms. The van der Waals surface area contributed by atoms with E-state index < -0.39 is 0 Å². The van der Waals surface area contributed by atoms with Crippen molar-refractivity contribution in [2.45, 2.75) is 64.5 Å². The summed E-state index contributed by atoms with van der Waals surface area (Å²) in [5.41, 5.74) is 0. The zero-order valence-corrected chi connectivity index (χ0v) is 13.2. The van der Waals surface area contributed by atoms with Crippen LogP contribution in [0.5, 0.6) is 0 Å². The standard InChI is InChI=1S/C16H31N3O/c1-13-7-6-8-17-15(13)11-16(20)18-12-14(2)19-9-4-3-5-10-19/h13-15,17H,3-12H2,1-2H3,(H,18,20). The molecule has 2 aliphatic rings. The molecule has 2 saturated heterocycles. The number of carbonyl (C=O) groups is 1. The van der Waals surface area contributed by atoms with Gasteiger partial charge in [-0.25, -0.2) is 0 Å². The van der Waals surface area contributed by atoms with E-state index in [1.807, 2.05) is 0 Å². The average Bonchev–Trinajstić information content (AvgIpc) is 2.48. The van der Waals surface area contributed by atoms with Crippen LogP contribution in [-0.2, 0) is 4.79 Å². The number of rotatable bonds is 5. The van der Waals surface area contributed by atoms with Gasteiger partial charge in [0.05, 0.1) is 0 Å². The third-order valence-corrected chi connectivity index (χ3v) is 4.94. The number of likely N-dealkylation sites (tertiary alicyclic amines) is 1. The molecule has 2 heterocycles. The average molecular weight is 281 g/mol. The SMILES string of the molecule is CC1CCCNC1CC(=O)NCC(C)N1CCCCC1. The number of hydrogen-bond donors (Lipinski definition) is 2. The summed E-state index contributed by atoms with van der Waals surface area (Å²) in [6.45, 7) is 8.72. The molecule has 0 aromatic carbocycles. The van der Waals surface area contributed by atoms with Gasteiger partial charge in [-0.15, -0.1) is 0 Å². The molecule has 3 unspecified atom stereocenters. The van der Waals surface area contributed by atoms with E-state index in [9.17, 15) is 4.79 Å². The lowest BCUT2D eigenvalue weighted by molar-refractivity contribution is -0.122. The van der Waals surface area contributed by atoms with Crippen LogP contribution in [0.4, 0.5) is 0 Å². The van der Waals surface area contributed by atoms with Gasteiger partial charge >= 0.3 is 0 Å². The van der Waals surface area contributed by atoms with Crippen LogP contribution in [0.2, 0.25) is 0 Å². The molecule has 3 atom stereocenters. The summed E-state index contributed by atoms with van der Waals surface area (Å²) in [6, 6.07) is 0.838. The van der Waals surface area contributed by atoms with Gasteiger partial charge in [-0.05, 0) is 58.2 Å². The van der Waals surface area contributed by atoms with Crippen LogP contribution in [-0.4, -0.2) is 49.1 Å². The molecular formula is C16H31N3O. The maximum Gasteiger partial charge on any atom is 0.221 e. The van der Waals surface area contributed by atoms with Crippen LogP contribution in [0, 0.1) is 5.92 Å². The monoisotopic (exact) mass is 281 g/mol. The highest BCUT2D eigenvalue weighted by atomic mass is 16.1. The van der Waals surface area contributed by atoms with Crippen molar-refractivity contribution < 1.29 is 4.79 Å². The molecule has 1 amide bonds. The molecule has 2 N–H and O–H groups in total. The largest absolute Gasteiger partial charge is 0.354 e. The second kappa shape index (κ2) is 7.99. The smallest absolute Gasteiger partial charge is 0.221 e. The van der Waals surface area contributed by atoms with Gasteiger partial charge in [0.25, 0.3) is 0 Å². The number of nitrogens with zero attached hydrogens (tertiary/aromatic N) is 1. The number of nitrogens with one attached hydrogen (secondary N) is 2. The first kappa shape index (κ1) is 15.8. The lowest BCUT2D eigenvalue weighted by Crippen LogP contribution is -2.47. The number of carbonyl (C=O) groups excluding carboxylic acids is 1. The summed E-state index contributed by atoms with van der Waals surface area (Å²) in [5.74, 6) is 0.828. The Morgan fingerprint density at radius 3 is 2.75 bits per heavy atom. The van der Waals surface area contributed by atoms with E-state index in [2.05, 4.69) is 29.4 Å². The summed E-state index contributed by atoms with van der Waals surface area (Å²) in [6.07, 6.45) is 7.10. The first-order valence-electron chi connectivity index (χ1n) is 8.41. The minimum Gasteiger partial charge on any atom is -0.354 e. The fraction of sp³-hybridized carbons (Fsp3) is 0.938. The molecule has 0 saturated carbocycles. The van der Waals surface area contributed by atoms with E-state index in [-0.39, 0.29) is 5.91 Å². The molecule has 2 fully saturated rings. The van der Waals surface area contributed by atoms with Crippen molar-refractivity contribution >= 4 is 5.91 Å². The zero-order valence-electron chi connectivity index (χ0n) is 13.2. The van der Waals surface area contributed by atoms with Crippen molar-refractivity contribution in [1.82, 2.24) is 15.5 Å². The van der Waals surface area contributed by atoms with Crippen LogP contribution >= 0.6 is 0 Å². The third-order valence-electron chi connectivity index (χ3n) is 4.94. The van der Waals surface area contributed by atoms with Crippen molar-refractivity contribution in [2.75, 3.05) is 26.2 Å². The second-order valence-corrected chi connectivity index (χ2v) is 6.63. The molecule has 2 aliphatic heterocycles. The maximum absolute atomic E-state index is 12.1. The molecule has 0 spiro atoms. The van der Waals surface area contributed by atoms with Crippen molar-refractivity contribution in [3.63, 3.8) is 0 Å². The Bertz CT molecular complexity index is 302. The molecule has 0 aromatic heterocycles. The Kier molecular flexibility index (Phi) is 6.30. The number of hydrogen-bond acceptors (Lipinski definition) is 3.